The fourth-order valence-corrected chi connectivity index (χ4v) is 1.30. The molecule has 0 saturated carbocycles. The normalized spacial score (nSPS) is 12.2. The topological polar surface area (TPSA) is 17.1 Å². The zero-order chi connectivity index (χ0) is 12.5. The van der Waals surface area contributed by atoms with E-state index < -0.39 is 0 Å². The molecule has 0 unspecified atom stereocenters. The molecule has 0 saturated heterocycles. The Morgan fingerprint density at radius 3 is 2.41 bits per heavy atom. The SMILES string of the molecule is C=C\C=C/C(/C=C/C(=O)c1ccccc1)=C\C. The van der Waals surface area contributed by atoms with Crippen LogP contribution in [0.2, 0.25) is 0 Å². The fraction of sp³-hybridized carbons (Fsp3) is 0.0625. The number of rotatable bonds is 5. The number of hydrogen-bond donors (Lipinski definition) is 0. The van der Waals surface area contributed by atoms with E-state index in [1.165, 1.54) is 0 Å². The first-order valence-electron chi connectivity index (χ1n) is 5.51. The second-order valence-electron chi connectivity index (χ2n) is 3.45. The summed E-state index contributed by atoms with van der Waals surface area (Å²) in [5, 5.41) is 0. The summed E-state index contributed by atoms with van der Waals surface area (Å²) in [4.78, 5) is 11.8. The van der Waals surface area contributed by atoms with Gasteiger partial charge < -0.3 is 0 Å². The summed E-state index contributed by atoms with van der Waals surface area (Å²) >= 11 is 0. The highest BCUT2D eigenvalue weighted by Gasteiger charge is 1.98. The predicted molar refractivity (Wildman–Crippen MR) is 73.0 cm³/mol. The summed E-state index contributed by atoms with van der Waals surface area (Å²) in [6.45, 7) is 5.54. The molecule has 86 valence electrons. The van der Waals surface area contributed by atoms with Crippen LogP contribution in [0.5, 0.6) is 0 Å². The van der Waals surface area contributed by atoms with E-state index in [1.54, 1.807) is 18.2 Å². The Morgan fingerprint density at radius 2 is 1.82 bits per heavy atom. The summed E-state index contributed by atoms with van der Waals surface area (Å²) in [5.41, 5.74) is 1.68. The molecule has 0 fully saturated rings. The summed E-state index contributed by atoms with van der Waals surface area (Å²) in [6, 6.07) is 9.22. The molecule has 0 heterocycles. The lowest BCUT2D eigenvalue weighted by molar-refractivity contribution is 0.104. The summed E-state index contributed by atoms with van der Waals surface area (Å²) in [6.07, 6.45) is 10.8. The number of hydrogen-bond acceptors (Lipinski definition) is 1. The highest BCUT2D eigenvalue weighted by atomic mass is 16.1. The molecule has 0 aromatic heterocycles. The Bertz CT molecular complexity index is 462. The Balaban J connectivity index is 2.74. The van der Waals surface area contributed by atoms with E-state index in [2.05, 4.69) is 6.58 Å². The van der Waals surface area contributed by atoms with Crippen molar-refractivity contribution in [2.75, 3.05) is 0 Å². The lowest BCUT2D eigenvalue weighted by Crippen LogP contribution is -1.92. The predicted octanol–water partition coefficient (Wildman–Crippen LogP) is 4.11. The molecule has 0 bridgehead atoms. The van der Waals surface area contributed by atoms with Crippen molar-refractivity contribution in [3.8, 4) is 0 Å². The van der Waals surface area contributed by atoms with Crippen LogP contribution in [0, 0.1) is 0 Å². The minimum absolute atomic E-state index is 0.0111. The van der Waals surface area contributed by atoms with E-state index in [-0.39, 0.29) is 5.78 Å². The van der Waals surface area contributed by atoms with Gasteiger partial charge in [0.25, 0.3) is 0 Å². The van der Waals surface area contributed by atoms with Crippen LogP contribution in [0.1, 0.15) is 17.3 Å². The van der Waals surface area contributed by atoms with Crippen molar-refractivity contribution >= 4 is 5.78 Å². The molecule has 0 amide bonds. The smallest absolute Gasteiger partial charge is 0.185 e. The molecule has 1 aromatic rings. The van der Waals surface area contributed by atoms with Gasteiger partial charge in [-0.3, -0.25) is 4.79 Å². The maximum absolute atomic E-state index is 11.8. The summed E-state index contributed by atoms with van der Waals surface area (Å²) < 4.78 is 0. The van der Waals surface area contributed by atoms with Crippen LogP contribution in [0.25, 0.3) is 0 Å². The Labute approximate surface area is 102 Å². The third-order valence-electron chi connectivity index (χ3n) is 2.24. The summed E-state index contributed by atoms with van der Waals surface area (Å²) in [5.74, 6) is 0.0111. The molecule has 0 radical (unpaired) electrons. The minimum atomic E-state index is 0.0111. The molecule has 1 aromatic carbocycles. The van der Waals surface area contributed by atoms with E-state index in [0.717, 1.165) is 5.57 Å². The van der Waals surface area contributed by atoms with Gasteiger partial charge in [-0.25, -0.2) is 0 Å². The first-order chi connectivity index (χ1) is 8.27. The zero-order valence-corrected chi connectivity index (χ0v) is 9.97. The molecule has 0 N–H and O–H groups in total. The Hall–Kier alpha value is -2.15. The van der Waals surface area contributed by atoms with Gasteiger partial charge in [0.15, 0.2) is 5.78 Å². The van der Waals surface area contributed by atoms with Crippen LogP contribution in [-0.2, 0) is 0 Å². The van der Waals surface area contributed by atoms with Gasteiger partial charge in [0, 0.05) is 5.56 Å². The van der Waals surface area contributed by atoms with Crippen LogP contribution < -0.4 is 0 Å². The average molecular weight is 224 g/mol. The number of ketones is 1. The van der Waals surface area contributed by atoms with Crippen LogP contribution in [0.3, 0.4) is 0 Å². The largest absolute Gasteiger partial charge is 0.289 e. The van der Waals surface area contributed by atoms with Crippen molar-refractivity contribution < 1.29 is 4.79 Å². The maximum Gasteiger partial charge on any atom is 0.185 e. The molecule has 1 nitrogen and oxygen atoms in total. The molecule has 1 heteroatoms. The first-order valence-corrected chi connectivity index (χ1v) is 5.51. The standard InChI is InChI=1S/C16H16O/c1-3-5-9-14(4-2)12-13-16(17)15-10-7-6-8-11-15/h3-13H,1H2,2H3/b9-5-,13-12+,14-4+. The van der Waals surface area contributed by atoms with Crippen LogP contribution in [-0.4, -0.2) is 5.78 Å². The first kappa shape index (κ1) is 12.9. The zero-order valence-electron chi connectivity index (χ0n) is 9.97. The van der Waals surface area contributed by atoms with Crippen LogP contribution in [0.15, 0.2) is 78.9 Å². The van der Waals surface area contributed by atoms with E-state index in [1.807, 2.05) is 55.5 Å². The maximum atomic E-state index is 11.8. The molecule has 1 rings (SSSR count). The molecule has 17 heavy (non-hydrogen) atoms. The van der Waals surface area contributed by atoms with Crippen molar-refractivity contribution in [3.63, 3.8) is 0 Å². The molecule has 0 aliphatic carbocycles. The van der Waals surface area contributed by atoms with Gasteiger partial charge in [0.1, 0.15) is 0 Å². The van der Waals surface area contributed by atoms with Gasteiger partial charge in [-0.2, -0.15) is 0 Å². The van der Waals surface area contributed by atoms with E-state index in [4.69, 9.17) is 0 Å². The van der Waals surface area contributed by atoms with Crippen LogP contribution in [0.4, 0.5) is 0 Å². The van der Waals surface area contributed by atoms with Crippen LogP contribution >= 0.6 is 0 Å². The Kier molecular flexibility index (Phi) is 5.45. The van der Waals surface area contributed by atoms with Crippen molar-refractivity contribution in [2.45, 2.75) is 6.92 Å². The van der Waals surface area contributed by atoms with E-state index in [0.29, 0.717) is 5.56 Å². The van der Waals surface area contributed by atoms with Gasteiger partial charge in [-0.1, -0.05) is 67.3 Å². The van der Waals surface area contributed by atoms with Gasteiger partial charge in [-0.05, 0) is 18.6 Å². The third kappa shape index (κ3) is 4.47. The number of carbonyl (C=O) groups excluding carboxylic acids is 1. The number of allylic oxidation sites excluding steroid dienone is 7. The molecule has 0 atom stereocenters. The average Bonchev–Trinajstić information content (AvgIpc) is 2.39. The molecular formula is C16H16O. The lowest BCUT2D eigenvalue weighted by atomic mass is 10.1. The fourth-order valence-electron chi connectivity index (χ4n) is 1.30. The highest BCUT2D eigenvalue weighted by Crippen LogP contribution is 2.04. The number of benzene rings is 1. The summed E-state index contributed by atoms with van der Waals surface area (Å²) in [7, 11) is 0. The minimum Gasteiger partial charge on any atom is -0.289 e. The molecule has 0 spiro atoms. The quantitative estimate of drug-likeness (QED) is 0.418. The second-order valence-corrected chi connectivity index (χ2v) is 3.45. The monoisotopic (exact) mass is 224 g/mol. The van der Waals surface area contributed by atoms with Crippen molar-refractivity contribution in [1.82, 2.24) is 0 Å². The van der Waals surface area contributed by atoms with E-state index >= 15 is 0 Å². The van der Waals surface area contributed by atoms with Gasteiger partial charge >= 0.3 is 0 Å². The molecule has 0 aliphatic rings. The van der Waals surface area contributed by atoms with Gasteiger partial charge in [-0.15, -0.1) is 0 Å². The van der Waals surface area contributed by atoms with E-state index in [9.17, 15) is 4.79 Å². The molecular weight excluding hydrogens is 208 g/mol. The van der Waals surface area contributed by atoms with Crippen molar-refractivity contribution in [2.24, 2.45) is 0 Å². The number of carbonyl (C=O) groups is 1. The highest BCUT2D eigenvalue weighted by molar-refractivity contribution is 6.04. The third-order valence-corrected chi connectivity index (χ3v) is 2.24. The second kappa shape index (κ2) is 7.18. The lowest BCUT2D eigenvalue weighted by Gasteiger charge is -1.94. The Morgan fingerprint density at radius 1 is 1.12 bits per heavy atom. The van der Waals surface area contributed by atoms with Crippen molar-refractivity contribution in [1.29, 1.82) is 0 Å². The molecule has 0 aliphatic heterocycles. The van der Waals surface area contributed by atoms with Gasteiger partial charge in [0.2, 0.25) is 0 Å². The van der Waals surface area contributed by atoms with Gasteiger partial charge in [0.05, 0.1) is 0 Å². The van der Waals surface area contributed by atoms with Crippen molar-refractivity contribution in [3.05, 3.63) is 84.5 Å².